The quantitative estimate of drug-likeness (QED) is 0.488. The Labute approximate surface area is 184 Å². The molecule has 1 aliphatic rings. The molecule has 2 aromatic carbocycles. The highest BCUT2D eigenvalue weighted by molar-refractivity contribution is 5.85. The Morgan fingerprint density at radius 3 is 2.77 bits per heavy atom. The van der Waals surface area contributed by atoms with Gasteiger partial charge < -0.3 is 14.6 Å². The van der Waals surface area contributed by atoms with E-state index in [1.54, 1.807) is 7.11 Å². The number of halogens is 1. The summed E-state index contributed by atoms with van der Waals surface area (Å²) < 4.78 is 11.3. The van der Waals surface area contributed by atoms with Gasteiger partial charge in [-0.3, -0.25) is 9.69 Å². The van der Waals surface area contributed by atoms with Crippen LogP contribution in [0, 0.1) is 12.8 Å². The minimum atomic E-state index is -0.699. The number of methoxy groups -OCH3 is 1. The van der Waals surface area contributed by atoms with E-state index in [1.807, 2.05) is 42.7 Å². The molecule has 1 aliphatic heterocycles. The van der Waals surface area contributed by atoms with Crippen molar-refractivity contribution in [2.75, 3.05) is 33.4 Å². The van der Waals surface area contributed by atoms with Crippen LogP contribution in [0.5, 0.6) is 5.75 Å². The number of carboxylic acids is 1. The molecular weight excluding hydrogens is 402 g/mol. The number of rotatable bonds is 8. The Morgan fingerprint density at radius 1 is 1.23 bits per heavy atom. The molecule has 5 nitrogen and oxygen atoms in total. The molecule has 2 aromatic rings. The van der Waals surface area contributed by atoms with Gasteiger partial charge in [0.2, 0.25) is 0 Å². The van der Waals surface area contributed by atoms with Crippen molar-refractivity contribution in [1.82, 2.24) is 4.90 Å². The average molecular weight is 432 g/mol. The van der Waals surface area contributed by atoms with Gasteiger partial charge in [-0.1, -0.05) is 36.4 Å². The van der Waals surface area contributed by atoms with Gasteiger partial charge in [0, 0.05) is 18.7 Å². The summed E-state index contributed by atoms with van der Waals surface area (Å²) in [6, 6.07) is 16.2. The van der Waals surface area contributed by atoms with Crippen molar-refractivity contribution in [3.8, 4) is 5.75 Å². The molecule has 30 heavy (non-hydrogen) atoms. The van der Waals surface area contributed by atoms with E-state index >= 15 is 0 Å². The summed E-state index contributed by atoms with van der Waals surface area (Å²) in [7, 11) is 1.66. The standard InChI is InChI=1S/C24H29NO4.ClH/c1-18-7-3-4-11-22(18)23(19-8-5-10-21(15-19)28-2)17-29-14-13-25-12-6-9-20(16-25)24(26)27;/h3-5,7-8,10-11,15,17,20H,6,9,12-14,16H2,1-2H3,(H,26,27);1H/b23-17-;/t20-;/m1./s1. The van der Waals surface area contributed by atoms with Gasteiger partial charge in [0.15, 0.2) is 0 Å². The Bertz CT molecular complexity index is 868. The zero-order chi connectivity index (χ0) is 20.6. The second kappa shape index (κ2) is 11.6. The number of carboxylic acid groups (broad SMARTS) is 1. The lowest BCUT2D eigenvalue weighted by Crippen LogP contribution is -2.40. The van der Waals surface area contributed by atoms with Crippen LogP contribution >= 0.6 is 12.4 Å². The van der Waals surface area contributed by atoms with E-state index in [1.165, 1.54) is 5.56 Å². The molecule has 6 heteroatoms. The minimum Gasteiger partial charge on any atom is -0.499 e. The van der Waals surface area contributed by atoms with E-state index < -0.39 is 5.97 Å². The van der Waals surface area contributed by atoms with E-state index in [4.69, 9.17) is 9.47 Å². The SMILES string of the molecule is COc1cccc(/C(=C/OCCN2CCC[C@@H](C(=O)O)C2)c2ccccc2C)c1.Cl. The largest absolute Gasteiger partial charge is 0.499 e. The molecule has 3 rings (SSSR count). The van der Waals surface area contributed by atoms with Gasteiger partial charge in [0.05, 0.1) is 19.3 Å². The van der Waals surface area contributed by atoms with Gasteiger partial charge in [0.1, 0.15) is 12.4 Å². The first-order chi connectivity index (χ1) is 14.1. The first-order valence-electron chi connectivity index (χ1n) is 10.1. The van der Waals surface area contributed by atoms with E-state index in [2.05, 4.69) is 24.0 Å². The number of nitrogens with zero attached hydrogens (tertiary/aromatic N) is 1. The van der Waals surface area contributed by atoms with Crippen molar-refractivity contribution in [3.63, 3.8) is 0 Å². The Hall–Kier alpha value is -2.50. The van der Waals surface area contributed by atoms with Crippen molar-refractivity contribution in [2.24, 2.45) is 5.92 Å². The third-order valence-corrected chi connectivity index (χ3v) is 5.40. The van der Waals surface area contributed by atoms with Crippen LogP contribution in [-0.2, 0) is 9.53 Å². The number of piperidine rings is 1. The number of aliphatic carboxylic acids is 1. The fraction of sp³-hybridized carbons (Fsp3) is 0.375. The minimum absolute atomic E-state index is 0. The van der Waals surface area contributed by atoms with Crippen LogP contribution in [0.25, 0.3) is 5.57 Å². The van der Waals surface area contributed by atoms with Crippen molar-refractivity contribution in [1.29, 1.82) is 0 Å². The van der Waals surface area contributed by atoms with Crippen molar-refractivity contribution < 1.29 is 19.4 Å². The fourth-order valence-corrected chi connectivity index (χ4v) is 3.74. The van der Waals surface area contributed by atoms with Crippen LogP contribution in [-0.4, -0.2) is 49.3 Å². The molecular formula is C24H30ClNO4. The number of benzene rings is 2. The maximum atomic E-state index is 11.2. The highest BCUT2D eigenvalue weighted by Gasteiger charge is 2.24. The molecule has 162 valence electrons. The number of hydrogen-bond donors (Lipinski definition) is 1. The molecule has 1 heterocycles. The number of ether oxygens (including phenoxy) is 2. The van der Waals surface area contributed by atoms with Gasteiger partial charge in [0.25, 0.3) is 0 Å². The first kappa shape index (κ1) is 23.8. The fourth-order valence-electron chi connectivity index (χ4n) is 3.74. The maximum absolute atomic E-state index is 11.2. The average Bonchev–Trinajstić information content (AvgIpc) is 2.75. The third-order valence-electron chi connectivity index (χ3n) is 5.40. The van der Waals surface area contributed by atoms with Crippen molar-refractivity contribution in [3.05, 3.63) is 71.5 Å². The van der Waals surface area contributed by atoms with Crippen LogP contribution in [0.1, 0.15) is 29.5 Å². The first-order valence-corrected chi connectivity index (χ1v) is 10.1. The molecule has 0 amide bonds. The molecule has 0 spiro atoms. The highest BCUT2D eigenvalue weighted by Crippen LogP contribution is 2.28. The van der Waals surface area contributed by atoms with Gasteiger partial charge in [-0.15, -0.1) is 12.4 Å². The van der Waals surface area contributed by atoms with Crippen LogP contribution in [0.3, 0.4) is 0 Å². The topological polar surface area (TPSA) is 59.0 Å². The van der Waals surface area contributed by atoms with E-state index in [0.29, 0.717) is 13.2 Å². The Morgan fingerprint density at radius 2 is 2.03 bits per heavy atom. The van der Waals surface area contributed by atoms with Gasteiger partial charge in [-0.05, 0) is 55.1 Å². The van der Waals surface area contributed by atoms with Crippen LogP contribution < -0.4 is 4.74 Å². The zero-order valence-corrected chi connectivity index (χ0v) is 18.4. The molecule has 0 unspecified atom stereocenters. The number of likely N-dealkylation sites (tertiary alicyclic amines) is 1. The van der Waals surface area contributed by atoms with Crippen LogP contribution in [0.15, 0.2) is 54.8 Å². The Balaban J connectivity index is 0.00000320. The molecule has 0 radical (unpaired) electrons. The lowest BCUT2D eigenvalue weighted by molar-refractivity contribution is -0.143. The summed E-state index contributed by atoms with van der Waals surface area (Å²) in [6.45, 7) is 4.86. The van der Waals surface area contributed by atoms with Gasteiger partial charge in [-0.2, -0.15) is 0 Å². The summed E-state index contributed by atoms with van der Waals surface area (Å²) in [5.74, 6) is -0.163. The summed E-state index contributed by atoms with van der Waals surface area (Å²) in [4.78, 5) is 13.4. The molecule has 1 atom stereocenters. The molecule has 1 fully saturated rings. The highest BCUT2D eigenvalue weighted by atomic mass is 35.5. The molecule has 0 aromatic heterocycles. The van der Waals surface area contributed by atoms with E-state index in [0.717, 1.165) is 48.4 Å². The van der Waals surface area contributed by atoms with Crippen LogP contribution in [0.2, 0.25) is 0 Å². The summed E-state index contributed by atoms with van der Waals surface area (Å²) in [5.41, 5.74) is 4.32. The maximum Gasteiger partial charge on any atom is 0.307 e. The van der Waals surface area contributed by atoms with E-state index in [-0.39, 0.29) is 18.3 Å². The number of aryl methyl sites for hydroxylation is 1. The predicted molar refractivity (Wildman–Crippen MR) is 121 cm³/mol. The molecule has 0 aliphatic carbocycles. The summed E-state index contributed by atoms with van der Waals surface area (Å²) in [6.07, 6.45) is 3.50. The Kier molecular flexibility index (Phi) is 9.21. The summed E-state index contributed by atoms with van der Waals surface area (Å²) in [5, 5.41) is 9.24. The second-order valence-corrected chi connectivity index (χ2v) is 7.43. The molecule has 1 saturated heterocycles. The van der Waals surface area contributed by atoms with Crippen molar-refractivity contribution in [2.45, 2.75) is 19.8 Å². The van der Waals surface area contributed by atoms with Crippen molar-refractivity contribution >= 4 is 23.9 Å². The normalized spacial score (nSPS) is 17.1. The monoisotopic (exact) mass is 431 g/mol. The third kappa shape index (κ3) is 6.25. The number of hydrogen-bond acceptors (Lipinski definition) is 4. The van der Waals surface area contributed by atoms with Gasteiger partial charge in [-0.25, -0.2) is 0 Å². The molecule has 1 N–H and O–H groups in total. The zero-order valence-electron chi connectivity index (χ0n) is 17.5. The summed E-state index contributed by atoms with van der Waals surface area (Å²) >= 11 is 0. The predicted octanol–water partition coefficient (Wildman–Crippen LogP) is 4.63. The lowest BCUT2D eigenvalue weighted by Gasteiger charge is -2.30. The lowest BCUT2D eigenvalue weighted by atomic mass is 9.95. The smallest absolute Gasteiger partial charge is 0.307 e. The number of carbonyl (C=O) groups is 1. The molecule has 0 saturated carbocycles. The van der Waals surface area contributed by atoms with E-state index in [9.17, 15) is 9.90 Å². The van der Waals surface area contributed by atoms with Crippen LogP contribution in [0.4, 0.5) is 0 Å². The van der Waals surface area contributed by atoms with Gasteiger partial charge >= 0.3 is 5.97 Å². The second-order valence-electron chi connectivity index (χ2n) is 7.43. The molecule has 0 bridgehead atoms.